The summed E-state index contributed by atoms with van der Waals surface area (Å²) in [7, 11) is 0. The third-order valence-electron chi connectivity index (χ3n) is 8.86. The zero-order valence-corrected chi connectivity index (χ0v) is 25.9. The molecule has 0 bridgehead atoms. The quantitative estimate of drug-likeness (QED) is 0.184. The molecule has 0 fully saturated rings. The fourth-order valence-corrected chi connectivity index (χ4v) is 7.97. The van der Waals surface area contributed by atoms with Crippen LogP contribution in [0.15, 0.2) is 140 Å². The van der Waals surface area contributed by atoms with Gasteiger partial charge in [-0.15, -0.1) is 11.3 Å². The molecule has 0 unspecified atom stereocenters. The van der Waals surface area contributed by atoms with Crippen LogP contribution < -0.4 is 0 Å². The number of benzene rings is 7. The lowest BCUT2D eigenvalue weighted by molar-refractivity contribution is 1.26. The third-order valence-corrected chi connectivity index (χ3v) is 10.0. The molecule has 9 aromatic rings. The zero-order chi connectivity index (χ0) is 30.6. The zero-order valence-electron chi connectivity index (χ0n) is 25.1. The molecule has 9 rings (SSSR count). The largest absolute Gasteiger partial charge is 0.243 e. The van der Waals surface area contributed by atoms with Crippen LogP contribution in [-0.2, 0) is 0 Å². The Hall–Kier alpha value is -5.82. The Morgan fingerprint density at radius 3 is 2.04 bits per heavy atom. The topological polar surface area (TPSA) is 25.8 Å². The van der Waals surface area contributed by atoms with Gasteiger partial charge < -0.3 is 0 Å². The molecule has 0 saturated heterocycles. The maximum Gasteiger partial charge on any atom is 0.140 e. The van der Waals surface area contributed by atoms with Crippen LogP contribution in [0.3, 0.4) is 0 Å². The van der Waals surface area contributed by atoms with Gasteiger partial charge in [0.25, 0.3) is 0 Å². The first-order valence-electron chi connectivity index (χ1n) is 15.4. The van der Waals surface area contributed by atoms with E-state index in [9.17, 15) is 0 Å². The highest BCUT2D eigenvalue weighted by atomic mass is 32.1. The van der Waals surface area contributed by atoms with Gasteiger partial charge in [-0.05, 0) is 63.7 Å². The van der Waals surface area contributed by atoms with Crippen molar-refractivity contribution in [3.8, 4) is 34.2 Å². The van der Waals surface area contributed by atoms with Crippen molar-refractivity contribution in [3.63, 3.8) is 0 Å². The molecular formula is C43H26N2S. The second kappa shape index (κ2) is 10.7. The Labute approximate surface area is 270 Å². The first-order valence-corrected chi connectivity index (χ1v) is 16.2. The highest BCUT2D eigenvalue weighted by Crippen LogP contribution is 2.48. The summed E-state index contributed by atoms with van der Waals surface area (Å²) < 4.78 is 2.46. The number of fused-ring (bicyclic) bond motifs is 8. The first kappa shape index (κ1) is 26.6. The van der Waals surface area contributed by atoms with Crippen LogP contribution in [0.25, 0.3) is 75.1 Å². The van der Waals surface area contributed by atoms with E-state index in [-0.39, 0.29) is 0 Å². The summed E-state index contributed by atoms with van der Waals surface area (Å²) in [5, 5.41) is 7.53. The summed E-state index contributed by atoms with van der Waals surface area (Å²) in [6.07, 6.45) is 0. The molecule has 3 heteroatoms. The van der Waals surface area contributed by atoms with Gasteiger partial charge in [0.1, 0.15) is 11.4 Å². The Morgan fingerprint density at radius 1 is 0.543 bits per heavy atom. The third kappa shape index (κ3) is 4.19. The molecule has 7 aromatic carbocycles. The number of rotatable bonds is 2. The van der Waals surface area contributed by atoms with Gasteiger partial charge in [-0.25, -0.2) is 9.97 Å². The van der Waals surface area contributed by atoms with E-state index in [0.29, 0.717) is 5.69 Å². The van der Waals surface area contributed by atoms with Crippen molar-refractivity contribution in [1.29, 1.82) is 0 Å². The molecule has 0 spiro atoms. The van der Waals surface area contributed by atoms with Crippen molar-refractivity contribution in [2.75, 3.05) is 0 Å². The summed E-state index contributed by atoms with van der Waals surface area (Å²) in [6, 6.07) is 48.9. The van der Waals surface area contributed by atoms with E-state index in [1.165, 1.54) is 58.4 Å². The Kier molecular flexibility index (Phi) is 6.16. The number of aryl methyl sites for hydroxylation is 1. The Balaban J connectivity index is 1.44. The molecule has 0 atom stereocenters. The summed E-state index contributed by atoms with van der Waals surface area (Å²) >= 11 is 1.83. The average molecular weight is 603 g/mol. The Bertz CT molecular complexity index is 2710. The standard InChI is InChI=1S/C43H26N2S/c1-27-13-5-7-17-30(27)39-32-19-9-10-20-33(32)41-40-31-18-8-6-14-28(31)23-26-38(40)46-43(41)34(39)24-25-37-42(29-15-3-2-4-16-29)45-36-22-12-11-21-35(36)44-37/h2-23,26H,1H3. The fraction of sp³-hybridized carbons (Fsp3) is 0.0233. The molecule has 0 aliphatic carbocycles. The second-order valence-electron chi connectivity index (χ2n) is 11.6. The van der Waals surface area contributed by atoms with Crippen molar-refractivity contribution >= 4 is 64.1 Å². The van der Waals surface area contributed by atoms with E-state index in [0.717, 1.165) is 27.9 Å². The van der Waals surface area contributed by atoms with Gasteiger partial charge in [-0.3, -0.25) is 0 Å². The first-order chi connectivity index (χ1) is 22.7. The minimum Gasteiger partial charge on any atom is -0.243 e. The lowest BCUT2D eigenvalue weighted by Crippen LogP contribution is -1.96. The van der Waals surface area contributed by atoms with Crippen molar-refractivity contribution in [2.45, 2.75) is 6.92 Å². The maximum atomic E-state index is 5.08. The van der Waals surface area contributed by atoms with E-state index < -0.39 is 0 Å². The van der Waals surface area contributed by atoms with Crippen molar-refractivity contribution in [1.82, 2.24) is 9.97 Å². The predicted molar refractivity (Wildman–Crippen MR) is 195 cm³/mol. The van der Waals surface area contributed by atoms with Gasteiger partial charge in [-0.2, -0.15) is 0 Å². The molecule has 0 aliphatic heterocycles. The smallest absolute Gasteiger partial charge is 0.140 e. The molecule has 0 aliphatic rings. The van der Waals surface area contributed by atoms with Crippen LogP contribution in [0.5, 0.6) is 0 Å². The van der Waals surface area contributed by atoms with Crippen molar-refractivity contribution in [2.24, 2.45) is 0 Å². The van der Waals surface area contributed by atoms with E-state index in [4.69, 9.17) is 9.97 Å². The van der Waals surface area contributed by atoms with Crippen LogP contribution in [-0.4, -0.2) is 9.97 Å². The summed E-state index contributed by atoms with van der Waals surface area (Å²) in [5.41, 5.74) is 8.77. The molecule has 0 radical (unpaired) electrons. The SMILES string of the molecule is Cc1ccccc1-c1c(C#Cc2nc3ccccc3nc2-c2ccccc2)c2sc3ccc4ccccc4c3c2c2ccccc12. The van der Waals surface area contributed by atoms with Gasteiger partial charge in [0.15, 0.2) is 0 Å². The molecule has 46 heavy (non-hydrogen) atoms. The normalized spacial score (nSPS) is 11.4. The van der Waals surface area contributed by atoms with E-state index in [1.54, 1.807) is 0 Å². The van der Waals surface area contributed by atoms with Crippen LogP contribution >= 0.6 is 11.3 Å². The van der Waals surface area contributed by atoms with Gasteiger partial charge in [0, 0.05) is 26.6 Å². The minimum absolute atomic E-state index is 0.675. The molecule has 2 nitrogen and oxygen atoms in total. The van der Waals surface area contributed by atoms with E-state index in [2.05, 4.69) is 116 Å². The Morgan fingerprint density at radius 2 is 1.22 bits per heavy atom. The summed E-state index contributed by atoms with van der Waals surface area (Å²) in [6.45, 7) is 2.19. The van der Waals surface area contributed by atoms with E-state index in [1.807, 2.05) is 53.8 Å². The number of aromatic nitrogens is 2. The van der Waals surface area contributed by atoms with Gasteiger partial charge in [0.05, 0.1) is 21.3 Å². The highest BCUT2D eigenvalue weighted by molar-refractivity contribution is 7.26. The lowest BCUT2D eigenvalue weighted by atomic mass is 9.88. The second-order valence-corrected chi connectivity index (χ2v) is 12.7. The summed E-state index contributed by atoms with van der Waals surface area (Å²) in [5.74, 6) is 7.30. The molecule has 2 aromatic heterocycles. The van der Waals surface area contributed by atoms with Crippen molar-refractivity contribution < 1.29 is 0 Å². The molecule has 0 N–H and O–H groups in total. The lowest BCUT2D eigenvalue weighted by Gasteiger charge is -2.15. The molecule has 0 saturated carbocycles. The van der Waals surface area contributed by atoms with Crippen LogP contribution in [0.2, 0.25) is 0 Å². The molecule has 2 heterocycles. The fourth-order valence-electron chi connectivity index (χ4n) is 6.73. The van der Waals surface area contributed by atoms with Crippen LogP contribution in [0, 0.1) is 18.8 Å². The predicted octanol–water partition coefficient (Wildman–Crippen LogP) is 11.3. The monoisotopic (exact) mass is 602 g/mol. The van der Waals surface area contributed by atoms with Crippen molar-refractivity contribution in [3.05, 3.63) is 156 Å². The van der Waals surface area contributed by atoms with E-state index >= 15 is 0 Å². The number of para-hydroxylation sites is 2. The average Bonchev–Trinajstić information content (AvgIpc) is 3.51. The van der Waals surface area contributed by atoms with Crippen LogP contribution in [0.4, 0.5) is 0 Å². The molecular weight excluding hydrogens is 577 g/mol. The number of hydrogen-bond acceptors (Lipinski definition) is 3. The highest BCUT2D eigenvalue weighted by Gasteiger charge is 2.21. The van der Waals surface area contributed by atoms with Gasteiger partial charge in [-0.1, -0.05) is 127 Å². The number of hydrogen-bond donors (Lipinski definition) is 0. The summed E-state index contributed by atoms with van der Waals surface area (Å²) in [4.78, 5) is 10.2. The molecule has 0 amide bonds. The van der Waals surface area contributed by atoms with Gasteiger partial charge >= 0.3 is 0 Å². The maximum absolute atomic E-state index is 5.08. The minimum atomic E-state index is 0.675. The number of nitrogens with zero attached hydrogens (tertiary/aromatic N) is 2. The van der Waals surface area contributed by atoms with Crippen LogP contribution in [0.1, 0.15) is 16.8 Å². The van der Waals surface area contributed by atoms with Gasteiger partial charge in [0.2, 0.25) is 0 Å². The number of thiophene rings is 1. The molecule has 214 valence electrons.